The van der Waals surface area contributed by atoms with Crippen LogP contribution in [-0.4, -0.2) is 30.3 Å². The summed E-state index contributed by atoms with van der Waals surface area (Å²) in [7, 11) is 4.02. The summed E-state index contributed by atoms with van der Waals surface area (Å²) in [6.45, 7) is 2.01. The van der Waals surface area contributed by atoms with Gasteiger partial charge in [-0.1, -0.05) is 29.3 Å². The highest BCUT2D eigenvalue weighted by Gasteiger charge is 2.07. The molecule has 0 bridgehead atoms. The summed E-state index contributed by atoms with van der Waals surface area (Å²) in [5, 5.41) is 1.17. The maximum atomic E-state index is 6.23. The van der Waals surface area contributed by atoms with Crippen LogP contribution in [0.2, 0.25) is 10.0 Å². The number of hydrogen-bond donors (Lipinski definition) is 0. The quantitative estimate of drug-likeness (QED) is 0.298. The Kier molecular flexibility index (Phi) is 4.92. The van der Waals surface area contributed by atoms with E-state index < -0.39 is 0 Å². The van der Waals surface area contributed by atoms with Crippen LogP contribution in [0, 0.1) is 6.92 Å². The van der Waals surface area contributed by atoms with Crippen molar-refractivity contribution in [3.05, 3.63) is 69.7 Å². The Morgan fingerprint density at radius 2 is 1.57 bits per heavy atom. The van der Waals surface area contributed by atoms with Gasteiger partial charge in [-0.25, -0.2) is 9.97 Å². The molecule has 0 amide bonds. The molecule has 0 fully saturated rings. The van der Waals surface area contributed by atoms with Crippen molar-refractivity contribution >= 4 is 62.9 Å². The molecule has 0 radical (unpaired) electrons. The lowest BCUT2D eigenvalue weighted by Gasteiger charge is -2.13. The highest BCUT2D eigenvalue weighted by molar-refractivity contribution is 6.36. The zero-order valence-electron chi connectivity index (χ0n) is 15.7. The van der Waals surface area contributed by atoms with Crippen molar-refractivity contribution in [1.82, 2.24) is 9.97 Å². The van der Waals surface area contributed by atoms with Crippen molar-refractivity contribution in [2.45, 2.75) is 6.92 Å². The van der Waals surface area contributed by atoms with Crippen LogP contribution in [0.3, 0.4) is 0 Å². The van der Waals surface area contributed by atoms with Crippen LogP contribution in [0.5, 0.6) is 0 Å². The second kappa shape index (κ2) is 7.38. The van der Waals surface area contributed by atoms with E-state index >= 15 is 0 Å². The van der Waals surface area contributed by atoms with Gasteiger partial charge in [0, 0.05) is 36.6 Å². The van der Waals surface area contributed by atoms with Gasteiger partial charge >= 0.3 is 0 Å². The smallest absolute Gasteiger partial charge is 0.0916 e. The summed E-state index contributed by atoms with van der Waals surface area (Å²) in [6, 6.07) is 15.4. The monoisotopic (exact) mass is 408 g/mol. The van der Waals surface area contributed by atoms with E-state index in [4.69, 9.17) is 33.2 Å². The second-order valence-electron chi connectivity index (χ2n) is 6.84. The summed E-state index contributed by atoms with van der Waals surface area (Å²) in [5.74, 6) is 0. The molecule has 0 spiro atoms. The van der Waals surface area contributed by atoms with Crippen molar-refractivity contribution in [1.29, 1.82) is 0 Å². The fraction of sp³-hybridized carbons (Fsp3) is 0.136. The highest BCUT2D eigenvalue weighted by Crippen LogP contribution is 2.27. The van der Waals surface area contributed by atoms with Crippen LogP contribution in [0.4, 0.5) is 11.4 Å². The van der Waals surface area contributed by atoms with E-state index in [1.807, 2.05) is 62.3 Å². The van der Waals surface area contributed by atoms with Gasteiger partial charge in [0.05, 0.1) is 32.8 Å². The van der Waals surface area contributed by atoms with Crippen LogP contribution in [0.15, 0.2) is 53.5 Å². The summed E-state index contributed by atoms with van der Waals surface area (Å²) < 4.78 is 0. The number of rotatable bonds is 3. The predicted molar refractivity (Wildman–Crippen MR) is 120 cm³/mol. The van der Waals surface area contributed by atoms with Crippen LogP contribution in [0.1, 0.15) is 11.1 Å². The van der Waals surface area contributed by atoms with Gasteiger partial charge in [-0.05, 0) is 55.0 Å². The molecule has 3 aromatic carbocycles. The Balaban J connectivity index is 1.79. The number of nitrogens with zero attached hydrogens (tertiary/aromatic N) is 4. The predicted octanol–water partition coefficient (Wildman–Crippen LogP) is 6.21. The molecule has 0 atom stereocenters. The van der Waals surface area contributed by atoms with Gasteiger partial charge in [0.15, 0.2) is 0 Å². The van der Waals surface area contributed by atoms with E-state index in [0.29, 0.717) is 10.0 Å². The molecule has 0 saturated carbocycles. The molecule has 4 aromatic rings. The van der Waals surface area contributed by atoms with Crippen LogP contribution >= 0.6 is 23.2 Å². The molecule has 1 heterocycles. The highest BCUT2D eigenvalue weighted by atomic mass is 35.5. The number of aryl methyl sites for hydroxylation is 1. The molecule has 6 heteroatoms. The van der Waals surface area contributed by atoms with Crippen molar-refractivity contribution in [2.75, 3.05) is 19.0 Å². The maximum Gasteiger partial charge on any atom is 0.0916 e. The third-order valence-corrected chi connectivity index (χ3v) is 5.12. The van der Waals surface area contributed by atoms with E-state index in [9.17, 15) is 0 Å². The van der Waals surface area contributed by atoms with Crippen LogP contribution in [0.25, 0.3) is 22.1 Å². The molecular formula is C22H18Cl2N4. The van der Waals surface area contributed by atoms with E-state index in [2.05, 4.69) is 4.99 Å². The standard InChI is InChI=1S/C22H18Cl2N4/c1-13-8-20-22(27-21-10-16(28(2)3)6-7-18(21)26-20)11-19(13)25-12-14-4-5-15(23)9-17(14)24/h4-12H,1-3H3. The molecule has 0 aliphatic heterocycles. The minimum Gasteiger partial charge on any atom is -0.378 e. The van der Waals surface area contributed by atoms with Crippen LogP contribution < -0.4 is 4.90 Å². The summed E-state index contributed by atoms with van der Waals surface area (Å²) >= 11 is 12.2. The number of benzene rings is 3. The molecule has 0 saturated heterocycles. The number of aromatic nitrogens is 2. The van der Waals surface area contributed by atoms with Gasteiger partial charge in [-0.3, -0.25) is 4.99 Å². The van der Waals surface area contributed by atoms with Crippen molar-refractivity contribution < 1.29 is 0 Å². The average Bonchev–Trinajstić information content (AvgIpc) is 2.65. The van der Waals surface area contributed by atoms with E-state index in [-0.39, 0.29) is 0 Å². The lowest BCUT2D eigenvalue weighted by Crippen LogP contribution is -2.08. The molecule has 4 nitrogen and oxygen atoms in total. The molecule has 140 valence electrons. The Hall–Kier alpha value is -2.69. The van der Waals surface area contributed by atoms with E-state index in [1.165, 1.54) is 0 Å². The minimum absolute atomic E-state index is 0.566. The first kappa shape index (κ1) is 18.7. The zero-order valence-corrected chi connectivity index (χ0v) is 17.3. The topological polar surface area (TPSA) is 41.4 Å². The van der Waals surface area contributed by atoms with Gasteiger partial charge in [0.2, 0.25) is 0 Å². The number of halogens is 2. The third kappa shape index (κ3) is 3.66. The van der Waals surface area contributed by atoms with Gasteiger partial charge in [-0.15, -0.1) is 0 Å². The summed E-state index contributed by atoms with van der Waals surface area (Å²) in [4.78, 5) is 16.2. The Morgan fingerprint density at radius 3 is 2.32 bits per heavy atom. The zero-order chi connectivity index (χ0) is 19.8. The number of fused-ring (bicyclic) bond motifs is 2. The third-order valence-electron chi connectivity index (χ3n) is 4.56. The van der Waals surface area contributed by atoms with Gasteiger partial charge < -0.3 is 4.90 Å². The normalized spacial score (nSPS) is 11.6. The lowest BCUT2D eigenvalue weighted by molar-refractivity contribution is 1.13. The molecule has 0 unspecified atom stereocenters. The van der Waals surface area contributed by atoms with Gasteiger partial charge in [-0.2, -0.15) is 0 Å². The molecule has 28 heavy (non-hydrogen) atoms. The van der Waals surface area contributed by atoms with E-state index in [1.54, 1.807) is 18.3 Å². The largest absolute Gasteiger partial charge is 0.378 e. The molecule has 4 rings (SSSR count). The average molecular weight is 409 g/mol. The maximum absolute atomic E-state index is 6.23. The summed E-state index contributed by atoms with van der Waals surface area (Å²) in [6.07, 6.45) is 1.74. The molecule has 0 N–H and O–H groups in total. The van der Waals surface area contributed by atoms with Gasteiger partial charge in [0.25, 0.3) is 0 Å². The Labute approximate surface area is 173 Å². The first-order chi connectivity index (χ1) is 13.4. The first-order valence-corrected chi connectivity index (χ1v) is 9.55. The van der Waals surface area contributed by atoms with Crippen molar-refractivity contribution in [3.63, 3.8) is 0 Å². The minimum atomic E-state index is 0.566. The van der Waals surface area contributed by atoms with E-state index in [0.717, 1.165) is 44.6 Å². The van der Waals surface area contributed by atoms with Crippen molar-refractivity contribution in [3.8, 4) is 0 Å². The number of hydrogen-bond acceptors (Lipinski definition) is 4. The Bertz CT molecular complexity index is 1230. The number of anilines is 1. The fourth-order valence-electron chi connectivity index (χ4n) is 2.97. The van der Waals surface area contributed by atoms with Gasteiger partial charge in [0.1, 0.15) is 0 Å². The molecule has 1 aromatic heterocycles. The molecule has 0 aliphatic carbocycles. The second-order valence-corrected chi connectivity index (χ2v) is 7.69. The van der Waals surface area contributed by atoms with Crippen LogP contribution in [-0.2, 0) is 0 Å². The number of aliphatic imine (C=N–C) groups is 1. The SMILES string of the molecule is Cc1cc2nc3ccc(N(C)C)cc3nc2cc1N=Cc1ccc(Cl)cc1Cl. The fourth-order valence-corrected chi connectivity index (χ4v) is 3.42. The lowest BCUT2D eigenvalue weighted by atomic mass is 10.1. The Morgan fingerprint density at radius 1 is 0.857 bits per heavy atom. The molecular weight excluding hydrogens is 391 g/mol. The molecule has 0 aliphatic rings. The first-order valence-electron chi connectivity index (χ1n) is 8.79. The van der Waals surface area contributed by atoms with Crippen molar-refractivity contribution in [2.24, 2.45) is 4.99 Å². The summed E-state index contributed by atoms with van der Waals surface area (Å²) in [5.41, 5.74) is 7.15.